The Bertz CT molecular complexity index is 1070. The zero-order valence-electron chi connectivity index (χ0n) is 16.5. The molecule has 0 saturated heterocycles. The molecule has 0 bridgehead atoms. The standard InChI is InChI=1S/C19H20NO8PS/c1-24-15-8-12(9-16(25-2)19(15)26-3)18-13(10-20-27-18)11-5-6-17(30-4)14(7-11)28-29(21,22)23/h5-10H,1-4H3,(H2,21,22,23)/p-2. The average molecular weight is 451 g/mol. The van der Waals surface area contributed by atoms with Crippen molar-refractivity contribution in [3.05, 3.63) is 36.5 Å². The molecule has 0 saturated carbocycles. The van der Waals surface area contributed by atoms with Crippen molar-refractivity contribution in [2.75, 3.05) is 27.6 Å². The minimum atomic E-state index is -5.22. The van der Waals surface area contributed by atoms with Crippen LogP contribution in [0.3, 0.4) is 0 Å². The number of aromatic nitrogens is 1. The molecule has 0 aliphatic rings. The number of rotatable bonds is 8. The molecule has 0 fully saturated rings. The van der Waals surface area contributed by atoms with Gasteiger partial charge in [-0.25, -0.2) is 0 Å². The van der Waals surface area contributed by atoms with Crippen LogP contribution in [0.5, 0.6) is 23.0 Å². The predicted octanol–water partition coefficient (Wildman–Crippen LogP) is 2.96. The maximum Gasteiger partial charge on any atom is 0.203 e. The van der Waals surface area contributed by atoms with E-state index >= 15 is 0 Å². The molecule has 0 aliphatic heterocycles. The average Bonchev–Trinajstić information content (AvgIpc) is 3.21. The normalized spacial score (nSPS) is 11.3. The minimum absolute atomic E-state index is 0.0645. The first kappa shape index (κ1) is 22.0. The Hall–Kier alpha value is -2.65. The van der Waals surface area contributed by atoms with Crippen molar-refractivity contribution in [1.29, 1.82) is 0 Å². The van der Waals surface area contributed by atoms with Crippen LogP contribution in [0.4, 0.5) is 0 Å². The first-order chi connectivity index (χ1) is 14.3. The molecule has 0 amide bonds. The summed E-state index contributed by atoms with van der Waals surface area (Å²) in [4.78, 5) is 22.8. The number of nitrogens with zero attached hydrogens (tertiary/aromatic N) is 1. The van der Waals surface area contributed by atoms with Gasteiger partial charge in [0, 0.05) is 16.0 Å². The summed E-state index contributed by atoms with van der Waals surface area (Å²) < 4.78 is 37.3. The molecule has 0 radical (unpaired) electrons. The molecular weight excluding hydrogens is 433 g/mol. The maximum atomic E-state index is 11.1. The van der Waals surface area contributed by atoms with Gasteiger partial charge in [-0.15, -0.1) is 11.8 Å². The first-order valence-electron chi connectivity index (χ1n) is 8.46. The number of ether oxygens (including phenoxy) is 3. The molecule has 30 heavy (non-hydrogen) atoms. The van der Waals surface area contributed by atoms with Crippen molar-refractivity contribution >= 4 is 19.6 Å². The van der Waals surface area contributed by atoms with Gasteiger partial charge >= 0.3 is 0 Å². The van der Waals surface area contributed by atoms with Gasteiger partial charge in [0.15, 0.2) is 17.3 Å². The number of phosphoric acid groups is 1. The number of benzene rings is 2. The van der Waals surface area contributed by atoms with Crippen LogP contribution in [-0.4, -0.2) is 32.7 Å². The van der Waals surface area contributed by atoms with Gasteiger partial charge in [0.2, 0.25) is 5.75 Å². The van der Waals surface area contributed by atoms with Crippen LogP contribution in [0.15, 0.2) is 45.9 Å². The van der Waals surface area contributed by atoms with Crippen LogP contribution >= 0.6 is 19.6 Å². The highest BCUT2D eigenvalue weighted by Gasteiger charge is 2.20. The van der Waals surface area contributed by atoms with Gasteiger partial charge in [-0.3, -0.25) is 0 Å². The lowest BCUT2D eigenvalue weighted by Crippen LogP contribution is -2.18. The molecule has 0 N–H and O–H groups in total. The quantitative estimate of drug-likeness (QED) is 0.373. The fourth-order valence-corrected chi connectivity index (χ4v) is 3.86. The van der Waals surface area contributed by atoms with E-state index in [1.54, 1.807) is 30.5 Å². The fourth-order valence-electron chi connectivity index (χ4n) is 2.90. The summed E-state index contributed by atoms with van der Waals surface area (Å²) in [6, 6.07) is 8.23. The smallest absolute Gasteiger partial charge is 0.203 e. The van der Waals surface area contributed by atoms with Crippen LogP contribution in [0.25, 0.3) is 22.5 Å². The van der Waals surface area contributed by atoms with E-state index in [-0.39, 0.29) is 5.75 Å². The molecule has 1 aromatic heterocycles. The number of phosphoric ester groups is 1. The Morgan fingerprint density at radius 2 is 1.60 bits per heavy atom. The van der Waals surface area contributed by atoms with Crippen LogP contribution in [0, 0.1) is 0 Å². The van der Waals surface area contributed by atoms with E-state index < -0.39 is 7.82 Å². The van der Waals surface area contributed by atoms with E-state index in [0.29, 0.717) is 44.6 Å². The number of hydrogen-bond acceptors (Lipinski definition) is 10. The van der Waals surface area contributed by atoms with Crippen molar-refractivity contribution in [1.82, 2.24) is 5.16 Å². The van der Waals surface area contributed by atoms with E-state index in [1.807, 2.05) is 0 Å². The Morgan fingerprint density at radius 3 is 2.13 bits per heavy atom. The molecule has 3 aromatic rings. The molecule has 1 heterocycles. The third-order valence-electron chi connectivity index (χ3n) is 4.18. The summed E-state index contributed by atoms with van der Waals surface area (Å²) in [6.45, 7) is 0. The lowest BCUT2D eigenvalue weighted by atomic mass is 10.0. The lowest BCUT2D eigenvalue weighted by Gasteiger charge is -2.30. The zero-order valence-corrected chi connectivity index (χ0v) is 18.2. The van der Waals surface area contributed by atoms with Gasteiger partial charge in [-0.05, 0) is 36.1 Å². The molecule has 0 spiro atoms. The SMILES string of the molecule is COc1cc(-c2oncc2-c2ccc(SC)c(OP(=O)([O-])[O-])c2)cc(OC)c1OC. The van der Waals surface area contributed by atoms with Crippen molar-refractivity contribution in [2.24, 2.45) is 0 Å². The summed E-state index contributed by atoms with van der Waals surface area (Å²) >= 11 is 1.25. The van der Waals surface area contributed by atoms with Gasteiger partial charge in [0.05, 0.1) is 27.5 Å². The second-order valence-corrected chi connectivity index (χ2v) is 7.81. The van der Waals surface area contributed by atoms with Crippen LogP contribution in [0.2, 0.25) is 0 Å². The molecule has 0 aliphatic carbocycles. The van der Waals surface area contributed by atoms with Crippen molar-refractivity contribution < 1.29 is 37.6 Å². The molecule has 11 heteroatoms. The molecular formula is C19H18NO8PS-2. The Balaban J connectivity index is 2.13. The maximum absolute atomic E-state index is 11.1. The van der Waals surface area contributed by atoms with E-state index in [0.717, 1.165) is 0 Å². The largest absolute Gasteiger partial charge is 0.780 e. The van der Waals surface area contributed by atoms with Gasteiger partial charge in [-0.2, -0.15) is 0 Å². The van der Waals surface area contributed by atoms with Gasteiger partial charge in [0.1, 0.15) is 13.6 Å². The van der Waals surface area contributed by atoms with E-state index in [9.17, 15) is 14.4 Å². The van der Waals surface area contributed by atoms with Crippen molar-refractivity contribution in [2.45, 2.75) is 4.90 Å². The second-order valence-electron chi connectivity index (χ2n) is 5.89. The summed E-state index contributed by atoms with van der Waals surface area (Å²) in [7, 11) is -0.730. The Morgan fingerprint density at radius 1 is 0.967 bits per heavy atom. The van der Waals surface area contributed by atoms with Gasteiger partial charge < -0.3 is 37.6 Å². The molecule has 0 unspecified atom stereocenters. The monoisotopic (exact) mass is 451 g/mol. The third kappa shape index (κ3) is 4.57. The van der Waals surface area contributed by atoms with Gasteiger partial charge in [0.25, 0.3) is 0 Å². The summed E-state index contributed by atoms with van der Waals surface area (Å²) in [5, 5.41) is 3.86. The predicted molar refractivity (Wildman–Crippen MR) is 107 cm³/mol. The summed E-state index contributed by atoms with van der Waals surface area (Å²) in [5.74, 6) is 1.59. The minimum Gasteiger partial charge on any atom is -0.780 e. The van der Waals surface area contributed by atoms with E-state index in [2.05, 4.69) is 9.68 Å². The highest BCUT2D eigenvalue weighted by molar-refractivity contribution is 7.98. The second kappa shape index (κ2) is 9.01. The number of thioether (sulfide) groups is 1. The van der Waals surface area contributed by atoms with Crippen molar-refractivity contribution in [3.8, 4) is 45.4 Å². The topological polar surface area (TPSA) is 126 Å². The Labute approximate surface area is 177 Å². The van der Waals surface area contributed by atoms with Gasteiger partial charge in [-0.1, -0.05) is 11.2 Å². The Kier molecular flexibility index (Phi) is 6.62. The first-order valence-corrected chi connectivity index (χ1v) is 11.1. The van der Waals surface area contributed by atoms with Crippen LogP contribution < -0.4 is 28.5 Å². The van der Waals surface area contributed by atoms with Crippen LogP contribution in [-0.2, 0) is 4.57 Å². The molecule has 0 atom stereocenters. The van der Waals surface area contributed by atoms with Crippen LogP contribution in [0.1, 0.15) is 0 Å². The molecule has 160 valence electrons. The van der Waals surface area contributed by atoms with E-state index in [1.165, 1.54) is 45.4 Å². The summed E-state index contributed by atoms with van der Waals surface area (Å²) in [5.41, 5.74) is 1.68. The molecule has 9 nitrogen and oxygen atoms in total. The molecule has 3 rings (SSSR count). The summed E-state index contributed by atoms with van der Waals surface area (Å²) in [6.07, 6.45) is 3.22. The lowest BCUT2D eigenvalue weighted by molar-refractivity contribution is -0.333. The fraction of sp³-hybridized carbons (Fsp3) is 0.211. The molecule has 2 aromatic carbocycles. The number of methoxy groups -OCH3 is 3. The highest BCUT2D eigenvalue weighted by Crippen LogP contribution is 2.45. The number of hydrogen-bond donors (Lipinski definition) is 0. The van der Waals surface area contributed by atoms with Crippen molar-refractivity contribution in [3.63, 3.8) is 0 Å². The van der Waals surface area contributed by atoms with E-state index in [4.69, 9.17) is 18.7 Å². The highest BCUT2D eigenvalue weighted by atomic mass is 32.2. The third-order valence-corrected chi connectivity index (χ3v) is 5.38. The zero-order chi connectivity index (χ0) is 21.9.